The Labute approximate surface area is 164 Å². The highest BCUT2D eigenvalue weighted by molar-refractivity contribution is 8.01. The highest BCUT2D eigenvalue weighted by Gasteiger charge is 2.17. The summed E-state index contributed by atoms with van der Waals surface area (Å²) in [6.07, 6.45) is 0. The molecule has 0 aliphatic heterocycles. The maximum Gasteiger partial charge on any atom is 0.256 e. The third-order valence-electron chi connectivity index (χ3n) is 3.57. The maximum atomic E-state index is 12.6. The van der Waals surface area contributed by atoms with Crippen molar-refractivity contribution >= 4 is 39.9 Å². The molecule has 3 aromatic rings. The Balaban J connectivity index is 1.87. The number of rotatable bonds is 7. The van der Waals surface area contributed by atoms with E-state index in [4.69, 9.17) is 10.5 Å². The molecule has 0 saturated heterocycles. The van der Waals surface area contributed by atoms with Gasteiger partial charge in [0.25, 0.3) is 5.91 Å². The molecule has 0 unspecified atom stereocenters. The maximum absolute atomic E-state index is 12.6. The van der Waals surface area contributed by atoms with Crippen LogP contribution in [0.1, 0.15) is 10.4 Å². The first-order valence-electron chi connectivity index (χ1n) is 7.99. The Kier molecular flexibility index (Phi) is 6.10. The summed E-state index contributed by atoms with van der Waals surface area (Å²) in [5.74, 6) is 0.151. The van der Waals surface area contributed by atoms with Crippen LogP contribution in [0.3, 0.4) is 0 Å². The predicted molar refractivity (Wildman–Crippen MR) is 108 cm³/mol. The smallest absolute Gasteiger partial charge is 0.256 e. The fourth-order valence-electron chi connectivity index (χ4n) is 2.29. The second-order valence-corrected chi connectivity index (χ2v) is 7.68. The first kappa shape index (κ1) is 18.9. The number of aromatic nitrogens is 1. The van der Waals surface area contributed by atoms with Crippen LogP contribution in [0.5, 0.6) is 5.75 Å². The van der Waals surface area contributed by atoms with Crippen LogP contribution in [-0.2, 0) is 4.79 Å². The largest absolute Gasteiger partial charge is 0.497 e. The third-order valence-corrected chi connectivity index (χ3v) is 5.71. The SMILES string of the molecule is COc1ccc(C(=O)Nc2sc(SCC(N)=O)nc2-c2ccccc2)cc1. The minimum atomic E-state index is -0.416. The summed E-state index contributed by atoms with van der Waals surface area (Å²) >= 11 is 2.57. The van der Waals surface area contributed by atoms with Crippen molar-refractivity contribution in [2.24, 2.45) is 5.73 Å². The topological polar surface area (TPSA) is 94.3 Å². The van der Waals surface area contributed by atoms with Crippen LogP contribution >= 0.6 is 23.1 Å². The van der Waals surface area contributed by atoms with Crippen LogP contribution < -0.4 is 15.8 Å². The molecule has 0 aliphatic carbocycles. The van der Waals surface area contributed by atoms with Crippen molar-refractivity contribution in [1.29, 1.82) is 0 Å². The van der Waals surface area contributed by atoms with E-state index in [0.717, 1.165) is 5.56 Å². The number of carbonyl (C=O) groups is 2. The Morgan fingerprint density at radius 2 is 1.85 bits per heavy atom. The van der Waals surface area contributed by atoms with E-state index in [9.17, 15) is 9.59 Å². The zero-order valence-electron chi connectivity index (χ0n) is 14.5. The van der Waals surface area contributed by atoms with E-state index in [1.165, 1.54) is 23.1 Å². The first-order valence-corrected chi connectivity index (χ1v) is 9.80. The normalized spacial score (nSPS) is 10.4. The fraction of sp³-hybridized carbons (Fsp3) is 0.105. The molecule has 0 bridgehead atoms. The summed E-state index contributed by atoms with van der Waals surface area (Å²) < 4.78 is 5.78. The van der Waals surface area contributed by atoms with Crippen molar-refractivity contribution in [2.75, 3.05) is 18.2 Å². The molecule has 1 heterocycles. The van der Waals surface area contributed by atoms with Gasteiger partial charge in [-0.1, -0.05) is 53.4 Å². The third kappa shape index (κ3) is 4.87. The van der Waals surface area contributed by atoms with Gasteiger partial charge in [0.2, 0.25) is 5.91 Å². The van der Waals surface area contributed by atoms with E-state index >= 15 is 0 Å². The van der Waals surface area contributed by atoms with Crippen LogP contribution in [0.2, 0.25) is 0 Å². The number of hydrogen-bond donors (Lipinski definition) is 2. The van der Waals surface area contributed by atoms with Crippen LogP contribution in [-0.4, -0.2) is 29.7 Å². The van der Waals surface area contributed by atoms with Crippen LogP contribution in [0.25, 0.3) is 11.3 Å². The number of amides is 2. The quantitative estimate of drug-likeness (QED) is 0.592. The van der Waals surface area contributed by atoms with Crippen molar-refractivity contribution in [2.45, 2.75) is 4.34 Å². The Morgan fingerprint density at radius 1 is 1.15 bits per heavy atom. The molecule has 3 N–H and O–H groups in total. The van der Waals surface area contributed by atoms with E-state index in [1.54, 1.807) is 31.4 Å². The standard InChI is InChI=1S/C19H17N3O3S2/c1-25-14-9-7-13(8-10-14)17(24)22-18-16(12-5-3-2-4-6-12)21-19(27-18)26-11-15(20)23/h2-10H,11H2,1H3,(H2,20,23)(H,22,24). The summed E-state index contributed by atoms with van der Waals surface area (Å²) in [4.78, 5) is 28.2. The Hall–Kier alpha value is -2.84. The molecule has 0 fully saturated rings. The van der Waals surface area contributed by atoms with Crippen LogP contribution in [0.4, 0.5) is 5.00 Å². The second-order valence-electron chi connectivity index (χ2n) is 5.46. The zero-order chi connectivity index (χ0) is 19.2. The van der Waals surface area contributed by atoms with Gasteiger partial charge in [0.1, 0.15) is 16.4 Å². The van der Waals surface area contributed by atoms with Gasteiger partial charge in [-0.2, -0.15) is 0 Å². The first-order chi connectivity index (χ1) is 13.1. The van der Waals surface area contributed by atoms with Crippen LogP contribution in [0, 0.1) is 0 Å². The number of methoxy groups -OCH3 is 1. The van der Waals surface area contributed by atoms with E-state index in [2.05, 4.69) is 10.3 Å². The molecular weight excluding hydrogens is 382 g/mol. The minimum Gasteiger partial charge on any atom is -0.497 e. The lowest BCUT2D eigenvalue weighted by Crippen LogP contribution is -2.12. The average Bonchev–Trinajstić information content (AvgIpc) is 3.10. The van der Waals surface area contributed by atoms with Gasteiger partial charge in [0.15, 0.2) is 4.34 Å². The van der Waals surface area contributed by atoms with E-state index in [-0.39, 0.29) is 11.7 Å². The van der Waals surface area contributed by atoms with E-state index in [0.29, 0.717) is 26.3 Å². The molecule has 2 amide bonds. The van der Waals surface area contributed by atoms with Crippen molar-refractivity contribution in [1.82, 2.24) is 4.98 Å². The molecule has 6 nitrogen and oxygen atoms in total. The highest BCUT2D eigenvalue weighted by Crippen LogP contribution is 2.37. The van der Waals surface area contributed by atoms with Gasteiger partial charge in [-0.3, -0.25) is 9.59 Å². The molecular formula is C19H17N3O3S2. The van der Waals surface area contributed by atoms with Crippen LogP contribution in [0.15, 0.2) is 58.9 Å². The second kappa shape index (κ2) is 8.70. The minimum absolute atomic E-state index is 0.133. The summed E-state index contributed by atoms with van der Waals surface area (Å²) in [5.41, 5.74) is 7.26. The fourth-order valence-corrected chi connectivity index (χ4v) is 4.09. The molecule has 138 valence electrons. The molecule has 0 atom stereocenters. The Morgan fingerprint density at radius 3 is 2.48 bits per heavy atom. The van der Waals surface area contributed by atoms with Gasteiger partial charge < -0.3 is 15.8 Å². The number of nitrogens with one attached hydrogen (secondary N) is 1. The summed E-state index contributed by atoms with van der Waals surface area (Å²) in [7, 11) is 1.57. The number of primary amides is 1. The molecule has 0 spiro atoms. The number of thiazole rings is 1. The molecule has 8 heteroatoms. The number of carbonyl (C=O) groups excluding carboxylic acids is 2. The zero-order valence-corrected chi connectivity index (χ0v) is 16.1. The van der Waals surface area contributed by atoms with Gasteiger partial charge in [0.05, 0.1) is 12.9 Å². The molecule has 3 rings (SSSR count). The van der Waals surface area contributed by atoms with Gasteiger partial charge in [0, 0.05) is 11.1 Å². The van der Waals surface area contributed by atoms with Crippen molar-refractivity contribution in [3.8, 4) is 17.0 Å². The monoisotopic (exact) mass is 399 g/mol. The lowest BCUT2D eigenvalue weighted by Gasteiger charge is -2.06. The number of nitrogens with zero attached hydrogens (tertiary/aromatic N) is 1. The lowest BCUT2D eigenvalue weighted by molar-refractivity contribution is -0.115. The number of thioether (sulfide) groups is 1. The molecule has 0 radical (unpaired) electrons. The molecule has 1 aromatic heterocycles. The van der Waals surface area contributed by atoms with E-state index < -0.39 is 5.91 Å². The Bertz CT molecular complexity index is 941. The van der Waals surface area contributed by atoms with Crippen molar-refractivity contribution in [3.63, 3.8) is 0 Å². The van der Waals surface area contributed by atoms with Gasteiger partial charge in [-0.05, 0) is 24.3 Å². The van der Waals surface area contributed by atoms with Gasteiger partial charge in [-0.15, -0.1) is 0 Å². The summed E-state index contributed by atoms with van der Waals surface area (Å²) in [6, 6.07) is 16.4. The lowest BCUT2D eigenvalue weighted by atomic mass is 10.1. The van der Waals surface area contributed by atoms with Gasteiger partial charge >= 0.3 is 0 Å². The van der Waals surface area contributed by atoms with Crippen molar-refractivity contribution < 1.29 is 14.3 Å². The number of benzene rings is 2. The summed E-state index contributed by atoms with van der Waals surface area (Å²) in [6.45, 7) is 0. The highest BCUT2D eigenvalue weighted by atomic mass is 32.2. The molecule has 2 aromatic carbocycles. The van der Waals surface area contributed by atoms with E-state index in [1.807, 2.05) is 30.3 Å². The molecule has 0 aliphatic rings. The number of hydrogen-bond acceptors (Lipinski definition) is 6. The van der Waals surface area contributed by atoms with Crippen molar-refractivity contribution in [3.05, 3.63) is 60.2 Å². The van der Waals surface area contributed by atoms with Gasteiger partial charge in [-0.25, -0.2) is 4.98 Å². The number of anilines is 1. The average molecular weight is 399 g/mol. The molecule has 0 saturated carbocycles. The number of nitrogens with two attached hydrogens (primary N) is 1. The number of ether oxygens (including phenoxy) is 1. The predicted octanol–water partition coefficient (Wildman–Crippen LogP) is 3.65. The summed E-state index contributed by atoms with van der Waals surface area (Å²) in [5, 5.41) is 3.54. The molecule has 27 heavy (non-hydrogen) atoms.